The lowest BCUT2D eigenvalue weighted by atomic mass is 10.2. The molecule has 0 unspecified atom stereocenters. The van der Waals surface area contributed by atoms with Crippen molar-refractivity contribution >= 4 is 5.97 Å². The summed E-state index contributed by atoms with van der Waals surface area (Å²) in [5.74, 6) is -0.349. The van der Waals surface area contributed by atoms with Gasteiger partial charge in [0.15, 0.2) is 6.29 Å². The van der Waals surface area contributed by atoms with Crippen LogP contribution in [0.2, 0.25) is 0 Å². The fraction of sp³-hybridized carbons (Fsp3) is 0.357. The molecule has 96 valence electrons. The van der Waals surface area contributed by atoms with E-state index in [4.69, 9.17) is 14.2 Å². The second kappa shape index (κ2) is 6.33. The molecule has 18 heavy (non-hydrogen) atoms. The normalized spacial score (nSPS) is 19.4. The molecule has 1 saturated heterocycles. The zero-order valence-corrected chi connectivity index (χ0v) is 10.3. The number of benzene rings is 1. The van der Waals surface area contributed by atoms with Crippen LogP contribution in [-0.4, -0.2) is 25.8 Å². The van der Waals surface area contributed by atoms with Gasteiger partial charge in [0, 0.05) is 11.6 Å². The smallest absolute Gasteiger partial charge is 0.330 e. The maximum absolute atomic E-state index is 11.3. The minimum atomic E-state index is -0.356. The SMILES string of the molecule is CCOC(=O)C=C1COC(c2ccccc2)OC1. The second-order valence-corrected chi connectivity index (χ2v) is 3.92. The monoisotopic (exact) mass is 248 g/mol. The highest BCUT2D eigenvalue weighted by Gasteiger charge is 2.19. The van der Waals surface area contributed by atoms with Crippen molar-refractivity contribution < 1.29 is 19.0 Å². The topological polar surface area (TPSA) is 44.8 Å². The van der Waals surface area contributed by atoms with Gasteiger partial charge in [-0.05, 0) is 12.5 Å². The van der Waals surface area contributed by atoms with E-state index in [0.29, 0.717) is 19.8 Å². The first-order valence-corrected chi connectivity index (χ1v) is 5.94. The van der Waals surface area contributed by atoms with Crippen molar-refractivity contribution in [1.29, 1.82) is 0 Å². The second-order valence-electron chi connectivity index (χ2n) is 3.92. The number of carbonyl (C=O) groups is 1. The molecular formula is C14H16O4. The summed E-state index contributed by atoms with van der Waals surface area (Å²) < 4.78 is 15.9. The lowest BCUT2D eigenvalue weighted by Gasteiger charge is -2.25. The predicted molar refractivity (Wildman–Crippen MR) is 65.8 cm³/mol. The summed E-state index contributed by atoms with van der Waals surface area (Å²) in [5, 5.41) is 0. The summed E-state index contributed by atoms with van der Waals surface area (Å²) in [4.78, 5) is 11.3. The molecule has 0 amide bonds. The van der Waals surface area contributed by atoms with Gasteiger partial charge in [-0.15, -0.1) is 0 Å². The molecule has 1 aliphatic heterocycles. The van der Waals surface area contributed by atoms with Crippen LogP contribution in [0, 0.1) is 0 Å². The van der Waals surface area contributed by atoms with Crippen LogP contribution < -0.4 is 0 Å². The molecule has 4 heteroatoms. The standard InChI is InChI=1S/C14H16O4/c1-2-16-13(15)8-11-9-17-14(18-10-11)12-6-4-3-5-7-12/h3-8,14H,2,9-10H2,1H3. The van der Waals surface area contributed by atoms with Gasteiger partial charge in [0.05, 0.1) is 19.8 Å². The zero-order chi connectivity index (χ0) is 12.8. The molecule has 1 fully saturated rings. The third-order valence-electron chi connectivity index (χ3n) is 2.52. The van der Waals surface area contributed by atoms with Gasteiger partial charge in [0.25, 0.3) is 0 Å². The Morgan fingerprint density at radius 1 is 1.33 bits per heavy atom. The van der Waals surface area contributed by atoms with Crippen LogP contribution >= 0.6 is 0 Å². The quantitative estimate of drug-likeness (QED) is 0.607. The minimum absolute atomic E-state index is 0.349. The van der Waals surface area contributed by atoms with Crippen LogP contribution in [0.4, 0.5) is 0 Å². The van der Waals surface area contributed by atoms with Crippen molar-refractivity contribution in [3.8, 4) is 0 Å². The Kier molecular flexibility index (Phi) is 4.50. The predicted octanol–water partition coefficient (Wildman–Crippen LogP) is 2.22. The first-order chi connectivity index (χ1) is 8.79. The van der Waals surface area contributed by atoms with Gasteiger partial charge in [0.1, 0.15) is 0 Å². The average Bonchev–Trinajstić information content (AvgIpc) is 2.41. The third kappa shape index (κ3) is 3.42. The van der Waals surface area contributed by atoms with E-state index in [-0.39, 0.29) is 12.3 Å². The molecule has 0 radical (unpaired) electrons. The van der Waals surface area contributed by atoms with E-state index < -0.39 is 0 Å². The molecule has 0 N–H and O–H groups in total. The fourth-order valence-electron chi connectivity index (χ4n) is 1.69. The van der Waals surface area contributed by atoms with Gasteiger partial charge in [-0.3, -0.25) is 0 Å². The molecule has 0 spiro atoms. The Bertz CT molecular complexity index is 415. The highest BCUT2D eigenvalue weighted by Crippen LogP contribution is 2.24. The lowest BCUT2D eigenvalue weighted by molar-refractivity contribution is -0.162. The van der Waals surface area contributed by atoms with Gasteiger partial charge in [-0.1, -0.05) is 30.3 Å². The van der Waals surface area contributed by atoms with Crippen molar-refractivity contribution in [2.75, 3.05) is 19.8 Å². The van der Waals surface area contributed by atoms with E-state index >= 15 is 0 Å². The van der Waals surface area contributed by atoms with Crippen LogP contribution in [0.15, 0.2) is 42.0 Å². The number of hydrogen-bond donors (Lipinski definition) is 0. The summed E-state index contributed by atoms with van der Waals surface area (Å²) in [6, 6.07) is 9.71. The van der Waals surface area contributed by atoms with E-state index in [2.05, 4.69) is 0 Å². The van der Waals surface area contributed by atoms with Crippen molar-refractivity contribution in [3.05, 3.63) is 47.5 Å². The van der Waals surface area contributed by atoms with Gasteiger partial charge in [0.2, 0.25) is 0 Å². The van der Waals surface area contributed by atoms with Crippen LogP contribution in [0.5, 0.6) is 0 Å². The van der Waals surface area contributed by atoms with E-state index in [1.165, 1.54) is 6.08 Å². The van der Waals surface area contributed by atoms with Gasteiger partial charge in [-0.25, -0.2) is 4.79 Å². The number of ether oxygens (including phenoxy) is 3. The van der Waals surface area contributed by atoms with Crippen molar-refractivity contribution in [1.82, 2.24) is 0 Å². The van der Waals surface area contributed by atoms with Crippen LogP contribution in [-0.2, 0) is 19.0 Å². The first-order valence-electron chi connectivity index (χ1n) is 5.94. The largest absolute Gasteiger partial charge is 0.463 e. The molecule has 1 heterocycles. The van der Waals surface area contributed by atoms with Crippen LogP contribution in [0.25, 0.3) is 0 Å². The zero-order valence-electron chi connectivity index (χ0n) is 10.3. The Morgan fingerprint density at radius 3 is 2.61 bits per heavy atom. The van der Waals surface area contributed by atoms with Crippen LogP contribution in [0.3, 0.4) is 0 Å². The molecule has 0 bridgehead atoms. The van der Waals surface area contributed by atoms with Crippen molar-refractivity contribution in [3.63, 3.8) is 0 Å². The average molecular weight is 248 g/mol. The molecule has 0 saturated carbocycles. The number of esters is 1. The van der Waals surface area contributed by atoms with Crippen molar-refractivity contribution in [2.24, 2.45) is 0 Å². The summed E-state index contributed by atoms with van der Waals surface area (Å²) in [7, 11) is 0. The molecule has 0 atom stereocenters. The molecule has 0 aromatic heterocycles. The highest BCUT2D eigenvalue weighted by molar-refractivity contribution is 5.82. The molecular weight excluding hydrogens is 232 g/mol. The van der Waals surface area contributed by atoms with Gasteiger partial charge >= 0.3 is 5.97 Å². The summed E-state index contributed by atoms with van der Waals surface area (Å²) in [6.07, 6.45) is 1.08. The summed E-state index contributed by atoms with van der Waals surface area (Å²) in [5.41, 5.74) is 1.77. The molecule has 2 rings (SSSR count). The molecule has 1 aromatic carbocycles. The maximum atomic E-state index is 11.3. The fourth-order valence-corrected chi connectivity index (χ4v) is 1.69. The Balaban J connectivity index is 1.90. The third-order valence-corrected chi connectivity index (χ3v) is 2.52. The molecule has 0 aliphatic carbocycles. The Hall–Kier alpha value is -1.65. The van der Waals surface area contributed by atoms with Crippen molar-refractivity contribution in [2.45, 2.75) is 13.2 Å². The first kappa shape index (κ1) is 12.8. The van der Waals surface area contributed by atoms with Gasteiger partial charge in [-0.2, -0.15) is 0 Å². The Morgan fingerprint density at radius 2 is 2.00 bits per heavy atom. The minimum Gasteiger partial charge on any atom is -0.463 e. The van der Waals surface area contributed by atoms with E-state index in [9.17, 15) is 4.79 Å². The van der Waals surface area contributed by atoms with E-state index in [0.717, 1.165) is 11.1 Å². The maximum Gasteiger partial charge on any atom is 0.330 e. The molecule has 1 aromatic rings. The summed E-state index contributed by atoms with van der Waals surface area (Å²) >= 11 is 0. The molecule has 1 aliphatic rings. The number of hydrogen-bond acceptors (Lipinski definition) is 4. The Labute approximate surface area is 106 Å². The lowest BCUT2D eigenvalue weighted by Crippen LogP contribution is -2.21. The van der Waals surface area contributed by atoms with E-state index in [1.807, 2.05) is 30.3 Å². The number of rotatable bonds is 3. The number of carbonyl (C=O) groups excluding carboxylic acids is 1. The van der Waals surface area contributed by atoms with Crippen LogP contribution in [0.1, 0.15) is 18.8 Å². The van der Waals surface area contributed by atoms with E-state index in [1.54, 1.807) is 6.92 Å². The summed E-state index contributed by atoms with van der Waals surface area (Å²) in [6.45, 7) is 2.92. The molecule has 4 nitrogen and oxygen atoms in total. The van der Waals surface area contributed by atoms with Gasteiger partial charge < -0.3 is 14.2 Å². The highest BCUT2D eigenvalue weighted by atomic mass is 16.7.